The van der Waals surface area contributed by atoms with Crippen molar-refractivity contribution in [3.05, 3.63) is 42.5 Å². The van der Waals surface area contributed by atoms with Crippen LogP contribution in [0.2, 0.25) is 0 Å². The fourth-order valence-electron chi connectivity index (χ4n) is 2.09. The highest BCUT2D eigenvalue weighted by Crippen LogP contribution is 2.06. The molecule has 0 atom stereocenters. The van der Waals surface area contributed by atoms with Gasteiger partial charge in [-0.1, -0.05) is 6.08 Å². The van der Waals surface area contributed by atoms with Gasteiger partial charge >= 0.3 is 0 Å². The molecule has 0 radical (unpaired) electrons. The maximum atomic E-state index is 4.45. The number of nitrogens with one attached hydrogen (secondary N) is 1. The van der Waals surface area contributed by atoms with Crippen LogP contribution >= 0.6 is 0 Å². The molecule has 0 aliphatic carbocycles. The zero-order valence-corrected chi connectivity index (χ0v) is 11.6. The summed E-state index contributed by atoms with van der Waals surface area (Å²) in [7, 11) is 0. The van der Waals surface area contributed by atoms with Crippen molar-refractivity contribution in [2.24, 2.45) is 0 Å². The standard InChI is InChI=1S/C14H21N5/c1-4-8-18-10-7-16-14(18)15-6-5-9-19-13(3)11-12(2)17-19/h4,7,10-11H,1,5-6,8-9H2,2-3H3,(H,15,16). The van der Waals surface area contributed by atoms with Crippen molar-refractivity contribution in [3.8, 4) is 0 Å². The summed E-state index contributed by atoms with van der Waals surface area (Å²) in [6.45, 7) is 10.4. The monoisotopic (exact) mass is 259 g/mol. The van der Waals surface area contributed by atoms with Crippen LogP contribution in [-0.2, 0) is 13.1 Å². The molecule has 19 heavy (non-hydrogen) atoms. The third-order valence-electron chi connectivity index (χ3n) is 2.97. The van der Waals surface area contributed by atoms with E-state index >= 15 is 0 Å². The van der Waals surface area contributed by atoms with Crippen molar-refractivity contribution in [3.63, 3.8) is 0 Å². The molecular formula is C14H21N5. The maximum absolute atomic E-state index is 4.45. The van der Waals surface area contributed by atoms with Gasteiger partial charge in [-0.3, -0.25) is 4.68 Å². The summed E-state index contributed by atoms with van der Waals surface area (Å²) in [4.78, 5) is 4.28. The van der Waals surface area contributed by atoms with Gasteiger partial charge in [0.25, 0.3) is 0 Å². The predicted molar refractivity (Wildman–Crippen MR) is 77.2 cm³/mol. The fraction of sp³-hybridized carbons (Fsp3) is 0.429. The van der Waals surface area contributed by atoms with Crippen molar-refractivity contribution in [2.75, 3.05) is 11.9 Å². The van der Waals surface area contributed by atoms with Gasteiger partial charge in [-0.15, -0.1) is 6.58 Å². The van der Waals surface area contributed by atoms with Crippen molar-refractivity contribution >= 4 is 5.95 Å². The van der Waals surface area contributed by atoms with E-state index in [0.717, 1.165) is 37.7 Å². The lowest BCUT2D eigenvalue weighted by atomic mass is 10.4. The highest BCUT2D eigenvalue weighted by Gasteiger charge is 2.02. The van der Waals surface area contributed by atoms with Crippen molar-refractivity contribution in [2.45, 2.75) is 33.4 Å². The molecule has 0 saturated heterocycles. The molecule has 5 heteroatoms. The van der Waals surface area contributed by atoms with Gasteiger partial charge in [0.2, 0.25) is 5.95 Å². The molecule has 2 aromatic rings. The molecule has 2 rings (SSSR count). The summed E-state index contributed by atoms with van der Waals surface area (Å²) in [6, 6.07) is 2.10. The van der Waals surface area contributed by atoms with Crippen LogP contribution in [-0.4, -0.2) is 25.9 Å². The molecule has 5 nitrogen and oxygen atoms in total. The van der Waals surface area contributed by atoms with Crippen LogP contribution in [0.3, 0.4) is 0 Å². The Labute approximate surface area is 114 Å². The smallest absolute Gasteiger partial charge is 0.203 e. The lowest BCUT2D eigenvalue weighted by Gasteiger charge is -2.08. The molecule has 0 aromatic carbocycles. The van der Waals surface area contributed by atoms with Gasteiger partial charge in [-0.05, 0) is 26.3 Å². The predicted octanol–water partition coefficient (Wildman–Crippen LogP) is 2.38. The Morgan fingerprint density at radius 2 is 2.26 bits per heavy atom. The van der Waals surface area contributed by atoms with E-state index in [0.29, 0.717) is 0 Å². The molecule has 102 valence electrons. The summed E-state index contributed by atoms with van der Waals surface area (Å²) in [5.41, 5.74) is 2.29. The average Bonchev–Trinajstić information content (AvgIpc) is 2.93. The van der Waals surface area contributed by atoms with Crippen LogP contribution in [0.25, 0.3) is 0 Å². The number of allylic oxidation sites excluding steroid dienone is 1. The first-order valence-electron chi connectivity index (χ1n) is 6.57. The molecule has 0 aliphatic rings. The number of aryl methyl sites for hydroxylation is 3. The van der Waals surface area contributed by atoms with E-state index in [1.165, 1.54) is 5.69 Å². The summed E-state index contributed by atoms with van der Waals surface area (Å²) >= 11 is 0. The van der Waals surface area contributed by atoms with E-state index in [-0.39, 0.29) is 0 Å². The minimum atomic E-state index is 0.778. The number of rotatable bonds is 7. The molecule has 0 aliphatic heterocycles. The van der Waals surface area contributed by atoms with E-state index < -0.39 is 0 Å². The van der Waals surface area contributed by atoms with Gasteiger partial charge in [0.15, 0.2) is 0 Å². The quantitative estimate of drug-likeness (QED) is 0.613. The first kappa shape index (κ1) is 13.4. The largest absolute Gasteiger partial charge is 0.356 e. The van der Waals surface area contributed by atoms with Crippen LogP contribution in [0.4, 0.5) is 5.95 Å². The number of hydrogen-bond donors (Lipinski definition) is 1. The third kappa shape index (κ3) is 3.47. The number of hydrogen-bond acceptors (Lipinski definition) is 3. The van der Waals surface area contributed by atoms with E-state index in [2.05, 4.69) is 35.0 Å². The fourth-order valence-corrected chi connectivity index (χ4v) is 2.09. The topological polar surface area (TPSA) is 47.7 Å². The highest BCUT2D eigenvalue weighted by molar-refractivity contribution is 5.25. The molecule has 0 spiro atoms. The average molecular weight is 259 g/mol. The Balaban J connectivity index is 1.79. The Bertz CT molecular complexity index is 538. The van der Waals surface area contributed by atoms with Gasteiger partial charge in [0.05, 0.1) is 5.69 Å². The Kier molecular flexibility index (Phi) is 4.39. The lowest BCUT2D eigenvalue weighted by Crippen LogP contribution is -2.11. The second-order valence-corrected chi connectivity index (χ2v) is 4.62. The van der Waals surface area contributed by atoms with Crippen LogP contribution in [0.1, 0.15) is 17.8 Å². The summed E-state index contributed by atoms with van der Waals surface area (Å²) in [5, 5.41) is 7.78. The van der Waals surface area contributed by atoms with Crippen LogP contribution < -0.4 is 5.32 Å². The van der Waals surface area contributed by atoms with E-state index in [9.17, 15) is 0 Å². The molecule has 0 unspecified atom stereocenters. The molecule has 2 heterocycles. The minimum absolute atomic E-state index is 0.778. The van der Waals surface area contributed by atoms with Gasteiger partial charge in [0, 0.05) is 37.7 Å². The first-order valence-corrected chi connectivity index (χ1v) is 6.57. The molecule has 2 aromatic heterocycles. The first-order chi connectivity index (χ1) is 9.20. The van der Waals surface area contributed by atoms with Gasteiger partial charge < -0.3 is 9.88 Å². The Hall–Kier alpha value is -2.04. The Morgan fingerprint density at radius 1 is 1.42 bits per heavy atom. The number of aromatic nitrogens is 4. The molecule has 0 amide bonds. The number of nitrogens with zero attached hydrogens (tertiary/aromatic N) is 4. The van der Waals surface area contributed by atoms with E-state index in [1.54, 1.807) is 6.20 Å². The molecule has 0 bridgehead atoms. The third-order valence-corrected chi connectivity index (χ3v) is 2.97. The number of anilines is 1. The van der Waals surface area contributed by atoms with Crippen LogP contribution in [0, 0.1) is 13.8 Å². The number of imidazole rings is 1. The summed E-state index contributed by atoms with van der Waals surface area (Å²) < 4.78 is 4.09. The lowest BCUT2D eigenvalue weighted by molar-refractivity contribution is 0.572. The zero-order valence-electron chi connectivity index (χ0n) is 11.6. The van der Waals surface area contributed by atoms with E-state index in [4.69, 9.17) is 0 Å². The van der Waals surface area contributed by atoms with E-state index in [1.807, 2.05) is 28.4 Å². The van der Waals surface area contributed by atoms with Crippen LogP contribution in [0.5, 0.6) is 0 Å². The second kappa shape index (κ2) is 6.22. The highest BCUT2D eigenvalue weighted by atomic mass is 15.3. The molecule has 0 saturated carbocycles. The van der Waals surface area contributed by atoms with Gasteiger partial charge in [0.1, 0.15) is 0 Å². The van der Waals surface area contributed by atoms with Crippen molar-refractivity contribution in [1.29, 1.82) is 0 Å². The zero-order chi connectivity index (χ0) is 13.7. The van der Waals surface area contributed by atoms with Crippen molar-refractivity contribution in [1.82, 2.24) is 19.3 Å². The van der Waals surface area contributed by atoms with Crippen LogP contribution in [0.15, 0.2) is 31.1 Å². The molecular weight excluding hydrogens is 238 g/mol. The maximum Gasteiger partial charge on any atom is 0.203 e. The second-order valence-electron chi connectivity index (χ2n) is 4.62. The minimum Gasteiger partial charge on any atom is -0.356 e. The van der Waals surface area contributed by atoms with Gasteiger partial charge in [-0.25, -0.2) is 4.98 Å². The summed E-state index contributed by atoms with van der Waals surface area (Å²) in [5.74, 6) is 0.897. The Morgan fingerprint density at radius 3 is 2.95 bits per heavy atom. The summed E-state index contributed by atoms with van der Waals surface area (Å²) in [6.07, 6.45) is 6.63. The SMILES string of the molecule is C=CCn1ccnc1NCCCn1nc(C)cc1C. The molecule has 1 N–H and O–H groups in total. The normalized spacial score (nSPS) is 10.6. The van der Waals surface area contributed by atoms with Crippen molar-refractivity contribution < 1.29 is 0 Å². The van der Waals surface area contributed by atoms with Gasteiger partial charge in [-0.2, -0.15) is 5.10 Å². The molecule has 0 fully saturated rings.